The van der Waals surface area contributed by atoms with Crippen LogP contribution in [-0.4, -0.2) is 6.04 Å². The lowest BCUT2D eigenvalue weighted by molar-refractivity contribution is 0.231. The third-order valence-corrected chi connectivity index (χ3v) is 3.58. The van der Waals surface area contributed by atoms with E-state index in [4.69, 9.17) is 5.84 Å². The molecule has 0 aliphatic rings. The van der Waals surface area contributed by atoms with Gasteiger partial charge >= 0.3 is 0 Å². The van der Waals surface area contributed by atoms with Crippen molar-refractivity contribution < 1.29 is 0 Å². The molecule has 90 valence electrons. The van der Waals surface area contributed by atoms with E-state index < -0.39 is 0 Å². The van der Waals surface area contributed by atoms with Crippen LogP contribution in [0.15, 0.2) is 24.3 Å². The summed E-state index contributed by atoms with van der Waals surface area (Å²) in [5, 5.41) is 0. The van der Waals surface area contributed by atoms with E-state index in [0.717, 1.165) is 12.8 Å². The molecule has 2 nitrogen and oxygen atoms in total. The number of nitrogens with one attached hydrogen (secondary N) is 1. The Bertz CT molecular complexity index is 331. The minimum absolute atomic E-state index is 0.221. The fourth-order valence-corrected chi connectivity index (χ4v) is 1.88. The van der Waals surface area contributed by atoms with Gasteiger partial charge in [-0.3, -0.25) is 11.3 Å². The Labute approximate surface area is 99.2 Å². The quantitative estimate of drug-likeness (QED) is 0.591. The van der Waals surface area contributed by atoms with Gasteiger partial charge in [0.25, 0.3) is 0 Å². The van der Waals surface area contributed by atoms with E-state index >= 15 is 0 Å². The summed E-state index contributed by atoms with van der Waals surface area (Å²) in [5.41, 5.74) is 5.84. The maximum absolute atomic E-state index is 5.67. The first-order valence-corrected chi connectivity index (χ1v) is 6.01. The first-order valence-electron chi connectivity index (χ1n) is 6.01. The van der Waals surface area contributed by atoms with E-state index in [2.05, 4.69) is 57.4 Å². The summed E-state index contributed by atoms with van der Waals surface area (Å²) in [7, 11) is 0. The van der Waals surface area contributed by atoms with Crippen molar-refractivity contribution in [1.29, 1.82) is 0 Å². The Balaban J connectivity index is 2.78. The number of nitrogens with two attached hydrogens (primary N) is 1. The van der Waals surface area contributed by atoms with Gasteiger partial charge in [0.2, 0.25) is 0 Å². The lowest BCUT2D eigenvalue weighted by Gasteiger charge is -2.33. The smallest absolute Gasteiger partial charge is 0.0301 e. The zero-order valence-electron chi connectivity index (χ0n) is 10.9. The molecule has 1 atom stereocenters. The van der Waals surface area contributed by atoms with E-state index in [1.54, 1.807) is 0 Å². The third kappa shape index (κ3) is 3.32. The van der Waals surface area contributed by atoms with Crippen molar-refractivity contribution in [3.63, 3.8) is 0 Å². The van der Waals surface area contributed by atoms with Crippen molar-refractivity contribution in [2.75, 3.05) is 0 Å². The minimum Gasteiger partial charge on any atom is -0.271 e. The van der Waals surface area contributed by atoms with Gasteiger partial charge in [0.05, 0.1) is 0 Å². The molecule has 0 heterocycles. The highest BCUT2D eigenvalue weighted by molar-refractivity contribution is 5.23. The molecule has 1 unspecified atom stereocenters. The Morgan fingerprint density at radius 1 is 1.38 bits per heavy atom. The Kier molecular flexibility index (Phi) is 4.51. The first kappa shape index (κ1) is 13.2. The molecule has 0 saturated heterocycles. The number of aryl methyl sites for hydroxylation is 1. The van der Waals surface area contributed by atoms with Crippen molar-refractivity contribution in [1.82, 2.24) is 5.43 Å². The van der Waals surface area contributed by atoms with E-state index in [-0.39, 0.29) is 5.41 Å². The van der Waals surface area contributed by atoms with E-state index in [1.807, 2.05) is 0 Å². The molecule has 3 N–H and O–H groups in total. The molecule has 1 aromatic carbocycles. The van der Waals surface area contributed by atoms with Crippen LogP contribution in [0.4, 0.5) is 0 Å². The predicted molar refractivity (Wildman–Crippen MR) is 70.1 cm³/mol. The second kappa shape index (κ2) is 5.46. The summed E-state index contributed by atoms with van der Waals surface area (Å²) >= 11 is 0. The average Bonchev–Trinajstić information content (AvgIpc) is 2.25. The second-order valence-corrected chi connectivity index (χ2v) is 5.25. The predicted octanol–water partition coefficient (Wildman–Crippen LogP) is 2.81. The lowest BCUT2D eigenvalue weighted by atomic mass is 9.79. The molecule has 0 amide bonds. The number of hydrogen-bond donors (Lipinski definition) is 2. The maximum Gasteiger partial charge on any atom is 0.0301 e. The molecule has 2 heteroatoms. The Hall–Kier alpha value is -0.860. The summed E-state index contributed by atoms with van der Waals surface area (Å²) in [5.74, 6) is 5.67. The van der Waals surface area contributed by atoms with Gasteiger partial charge in [0, 0.05) is 6.04 Å². The molecule has 0 aromatic heterocycles. The summed E-state index contributed by atoms with van der Waals surface area (Å²) < 4.78 is 0. The van der Waals surface area contributed by atoms with Gasteiger partial charge in [-0.05, 0) is 30.7 Å². The summed E-state index contributed by atoms with van der Waals surface area (Å²) in [4.78, 5) is 0. The SMILES string of the molecule is CCC(C)(C)C(Cc1cccc(C)c1)NN. The highest BCUT2D eigenvalue weighted by Crippen LogP contribution is 2.26. The fraction of sp³-hybridized carbons (Fsp3) is 0.571. The topological polar surface area (TPSA) is 38.0 Å². The van der Waals surface area contributed by atoms with Crippen LogP contribution in [0, 0.1) is 12.3 Å². The van der Waals surface area contributed by atoms with Crippen LogP contribution in [0.1, 0.15) is 38.3 Å². The summed E-state index contributed by atoms with van der Waals surface area (Å²) in [6.45, 7) is 8.85. The Morgan fingerprint density at radius 3 is 2.56 bits per heavy atom. The normalized spacial score (nSPS) is 13.8. The molecule has 0 aliphatic heterocycles. The van der Waals surface area contributed by atoms with Gasteiger partial charge in [-0.25, -0.2) is 0 Å². The fourth-order valence-electron chi connectivity index (χ4n) is 1.88. The van der Waals surface area contributed by atoms with Gasteiger partial charge in [-0.15, -0.1) is 0 Å². The van der Waals surface area contributed by atoms with Gasteiger partial charge in [-0.2, -0.15) is 0 Å². The average molecular weight is 220 g/mol. The van der Waals surface area contributed by atoms with Gasteiger partial charge < -0.3 is 0 Å². The number of benzene rings is 1. The van der Waals surface area contributed by atoms with Gasteiger partial charge in [0.1, 0.15) is 0 Å². The Morgan fingerprint density at radius 2 is 2.06 bits per heavy atom. The third-order valence-electron chi connectivity index (χ3n) is 3.58. The molecular weight excluding hydrogens is 196 g/mol. The van der Waals surface area contributed by atoms with E-state index in [0.29, 0.717) is 6.04 Å². The summed E-state index contributed by atoms with van der Waals surface area (Å²) in [6, 6.07) is 8.95. The van der Waals surface area contributed by atoms with E-state index in [9.17, 15) is 0 Å². The molecule has 0 bridgehead atoms. The highest BCUT2D eigenvalue weighted by Gasteiger charge is 2.26. The van der Waals surface area contributed by atoms with Crippen LogP contribution in [0.3, 0.4) is 0 Å². The minimum atomic E-state index is 0.221. The lowest BCUT2D eigenvalue weighted by Crippen LogP contribution is -2.46. The zero-order chi connectivity index (χ0) is 12.2. The number of hydrogen-bond acceptors (Lipinski definition) is 2. The molecule has 0 saturated carbocycles. The summed E-state index contributed by atoms with van der Waals surface area (Å²) in [6.07, 6.45) is 2.10. The number of rotatable bonds is 5. The van der Waals surface area contributed by atoms with Gasteiger partial charge in [-0.1, -0.05) is 50.6 Å². The van der Waals surface area contributed by atoms with Crippen LogP contribution >= 0.6 is 0 Å². The monoisotopic (exact) mass is 220 g/mol. The van der Waals surface area contributed by atoms with Crippen LogP contribution in [0.25, 0.3) is 0 Å². The molecular formula is C14H24N2. The highest BCUT2D eigenvalue weighted by atomic mass is 15.2. The maximum atomic E-state index is 5.67. The van der Waals surface area contributed by atoms with Crippen LogP contribution in [0.5, 0.6) is 0 Å². The molecule has 0 spiro atoms. The molecule has 16 heavy (non-hydrogen) atoms. The molecule has 1 rings (SSSR count). The first-order chi connectivity index (χ1) is 7.49. The van der Waals surface area contributed by atoms with Crippen molar-refractivity contribution in [3.05, 3.63) is 35.4 Å². The second-order valence-electron chi connectivity index (χ2n) is 5.25. The van der Waals surface area contributed by atoms with Gasteiger partial charge in [0.15, 0.2) is 0 Å². The molecule has 0 aliphatic carbocycles. The van der Waals surface area contributed by atoms with Crippen LogP contribution in [-0.2, 0) is 6.42 Å². The van der Waals surface area contributed by atoms with Crippen LogP contribution < -0.4 is 11.3 Å². The molecule has 0 fully saturated rings. The van der Waals surface area contributed by atoms with E-state index in [1.165, 1.54) is 11.1 Å². The van der Waals surface area contributed by atoms with Crippen molar-refractivity contribution >= 4 is 0 Å². The molecule has 0 radical (unpaired) electrons. The molecule has 1 aromatic rings. The largest absolute Gasteiger partial charge is 0.271 e. The van der Waals surface area contributed by atoms with Crippen LogP contribution in [0.2, 0.25) is 0 Å². The number of hydrazine groups is 1. The van der Waals surface area contributed by atoms with Crippen molar-refractivity contribution in [3.8, 4) is 0 Å². The standard InChI is InChI=1S/C14H24N2/c1-5-14(3,4)13(16-15)10-12-8-6-7-11(2)9-12/h6-9,13,16H,5,10,15H2,1-4H3. The van der Waals surface area contributed by atoms with Crippen molar-refractivity contribution in [2.24, 2.45) is 11.3 Å². The zero-order valence-corrected chi connectivity index (χ0v) is 10.9. The van der Waals surface area contributed by atoms with Crippen molar-refractivity contribution in [2.45, 2.75) is 46.6 Å².